The van der Waals surface area contributed by atoms with Crippen molar-refractivity contribution >= 4 is 18.2 Å². The minimum absolute atomic E-state index is 0.331. The van der Waals surface area contributed by atoms with Crippen molar-refractivity contribution < 1.29 is 9.53 Å². The summed E-state index contributed by atoms with van der Waals surface area (Å²) in [7, 11) is 0. The molecule has 0 heterocycles. The zero-order valence-electron chi connectivity index (χ0n) is 14.9. The Labute approximate surface area is 155 Å². The Hall–Kier alpha value is -3.33. The highest BCUT2D eigenvalue weighted by Gasteiger charge is 2.07. The summed E-state index contributed by atoms with van der Waals surface area (Å²) < 4.78 is 5.07. The zero-order chi connectivity index (χ0) is 18.5. The average Bonchev–Trinajstić information content (AvgIpc) is 2.68. The van der Waals surface area contributed by atoms with Gasteiger partial charge in [-0.05, 0) is 30.2 Å². The van der Waals surface area contributed by atoms with Crippen molar-refractivity contribution in [2.24, 2.45) is 0 Å². The first-order valence-corrected chi connectivity index (χ1v) is 8.54. The Morgan fingerprint density at radius 2 is 1.38 bits per heavy atom. The van der Waals surface area contributed by atoms with Crippen LogP contribution in [0.2, 0.25) is 0 Å². The normalized spacial score (nSPS) is 11.7. The van der Waals surface area contributed by atoms with Crippen LogP contribution in [0, 0.1) is 0 Å². The Bertz CT molecular complexity index is 774. The van der Waals surface area contributed by atoms with Crippen molar-refractivity contribution in [1.82, 2.24) is 4.90 Å². The van der Waals surface area contributed by atoms with Gasteiger partial charge >= 0.3 is 6.09 Å². The quantitative estimate of drug-likeness (QED) is 0.585. The van der Waals surface area contributed by atoms with Crippen LogP contribution in [-0.4, -0.2) is 17.6 Å². The molecule has 0 fully saturated rings. The summed E-state index contributed by atoms with van der Waals surface area (Å²) in [6, 6.07) is 19.9. The molecule has 0 aromatic heterocycles. The number of rotatable bonds is 7. The molecule has 0 N–H and O–H groups in total. The maximum atomic E-state index is 12.0. The fourth-order valence-corrected chi connectivity index (χ4v) is 2.10. The molecular formula is C23H23NO2. The van der Waals surface area contributed by atoms with E-state index in [0.717, 1.165) is 11.1 Å². The SMILES string of the molecule is CCOC(=O)N(C=CC=CC=Cc1ccccc1)C=Cc1ccccc1. The Balaban J connectivity index is 1.98. The van der Waals surface area contributed by atoms with Crippen LogP contribution in [0.5, 0.6) is 0 Å². The van der Waals surface area contributed by atoms with Crippen molar-refractivity contribution in [3.63, 3.8) is 0 Å². The van der Waals surface area contributed by atoms with Crippen LogP contribution in [0.15, 0.2) is 97.4 Å². The van der Waals surface area contributed by atoms with Gasteiger partial charge in [-0.15, -0.1) is 0 Å². The van der Waals surface area contributed by atoms with Crippen LogP contribution >= 0.6 is 0 Å². The number of carbonyl (C=O) groups is 1. The van der Waals surface area contributed by atoms with Crippen molar-refractivity contribution in [3.05, 3.63) is 108 Å². The molecule has 0 aliphatic carbocycles. The fraction of sp³-hybridized carbons (Fsp3) is 0.0870. The lowest BCUT2D eigenvalue weighted by Crippen LogP contribution is -2.20. The fourth-order valence-electron chi connectivity index (χ4n) is 2.10. The van der Waals surface area contributed by atoms with Gasteiger partial charge in [0.15, 0.2) is 0 Å². The van der Waals surface area contributed by atoms with Gasteiger partial charge in [0.2, 0.25) is 0 Å². The van der Waals surface area contributed by atoms with E-state index >= 15 is 0 Å². The van der Waals surface area contributed by atoms with E-state index in [2.05, 4.69) is 0 Å². The molecule has 0 aliphatic heterocycles. The predicted octanol–water partition coefficient (Wildman–Crippen LogP) is 5.90. The lowest BCUT2D eigenvalue weighted by molar-refractivity contribution is 0.133. The van der Waals surface area contributed by atoms with Gasteiger partial charge in [-0.2, -0.15) is 0 Å². The molecule has 2 aromatic rings. The summed E-state index contributed by atoms with van der Waals surface area (Å²) >= 11 is 0. The molecule has 0 bridgehead atoms. The first-order chi connectivity index (χ1) is 12.8. The summed E-state index contributed by atoms with van der Waals surface area (Å²) in [4.78, 5) is 13.5. The summed E-state index contributed by atoms with van der Waals surface area (Å²) in [5.74, 6) is 0. The maximum Gasteiger partial charge on any atom is 0.417 e. The van der Waals surface area contributed by atoms with E-state index in [1.807, 2.05) is 91.0 Å². The van der Waals surface area contributed by atoms with Crippen LogP contribution in [-0.2, 0) is 4.74 Å². The van der Waals surface area contributed by atoms with E-state index in [0.29, 0.717) is 6.61 Å². The van der Waals surface area contributed by atoms with Crippen molar-refractivity contribution in [2.75, 3.05) is 6.61 Å². The lowest BCUT2D eigenvalue weighted by atomic mass is 10.2. The first kappa shape index (κ1) is 19.0. The molecule has 0 atom stereocenters. The van der Waals surface area contributed by atoms with Gasteiger partial charge in [-0.25, -0.2) is 4.79 Å². The highest BCUT2D eigenvalue weighted by Crippen LogP contribution is 2.05. The van der Waals surface area contributed by atoms with Crippen LogP contribution in [0.25, 0.3) is 12.2 Å². The number of allylic oxidation sites excluding steroid dienone is 4. The van der Waals surface area contributed by atoms with E-state index in [1.165, 1.54) is 4.90 Å². The highest BCUT2D eigenvalue weighted by atomic mass is 16.5. The van der Waals surface area contributed by atoms with Gasteiger partial charge in [0, 0.05) is 12.4 Å². The van der Waals surface area contributed by atoms with Gasteiger partial charge in [0.05, 0.1) is 6.61 Å². The number of nitrogens with zero attached hydrogens (tertiary/aromatic N) is 1. The zero-order valence-corrected chi connectivity index (χ0v) is 14.9. The number of ether oxygens (including phenoxy) is 1. The molecule has 0 spiro atoms. The third-order valence-electron chi connectivity index (χ3n) is 3.37. The van der Waals surface area contributed by atoms with Gasteiger partial charge in [-0.3, -0.25) is 4.90 Å². The van der Waals surface area contributed by atoms with E-state index in [4.69, 9.17) is 4.74 Å². The summed E-state index contributed by atoms with van der Waals surface area (Å²) in [6.07, 6.45) is 14.3. The minimum Gasteiger partial charge on any atom is -0.449 e. The second kappa shape index (κ2) is 11.3. The van der Waals surface area contributed by atoms with E-state index < -0.39 is 6.09 Å². The second-order valence-corrected chi connectivity index (χ2v) is 5.33. The first-order valence-electron chi connectivity index (χ1n) is 8.54. The molecule has 0 saturated carbocycles. The minimum atomic E-state index is -0.413. The molecule has 26 heavy (non-hydrogen) atoms. The third-order valence-corrected chi connectivity index (χ3v) is 3.37. The molecule has 2 rings (SSSR count). The number of hydrogen-bond acceptors (Lipinski definition) is 2. The molecular weight excluding hydrogens is 322 g/mol. The monoisotopic (exact) mass is 345 g/mol. The van der Waals surface area contributed by atoms with E-state index in [9.17, 15) is 4.79 Å². The summed E-state index contributed by atoms with van der Waals surface area (Å²) in [5.41, 5.74) is 2.15. The van der Waals surface area contributed by atoms with Crippen molar-refractivity contribution in [3.8, 4) is 0 Å². The topological polar surface area (TPSA) is 29.5 Å². The molecule has 3 heteroatoms. The lowest BCUT2D eigenvalue weighted by Gasteiger charge is -2.12. The van der Waals surface area contributed by atoms with Crippen molar-refractivity contribution in [2.45, 2.75) is 6.92 Å². The maximum absolute atomic E-state index is 12.0. The average molecular weight is 345 g/mol. The molecule has 0 saturated heterocycles. The standard InChI is InChI=1S/C23H23NO2/c1-2-26-23(25)24(20-18-22-16-10-6-11-17-22)19-12-4-3-7-13-21-14-8-5-9-15-21/h3-20H,2H2,1H3. The number of hydrogen-bond donors (Lipinski definition) is 0. The molecule has 2 aromatic carbocycles. The summed E-state index contributed by atoms with van der Waals surface area (Å²) in [5, 5.41) is 0. The summed E-state index contributed by atoms with van der Waals surface area (Å²) in [6.45, 7) is 2.12. The highest BCUT2D eigenvalue weighted by molar-refractivity contribution is 5.71. The predicted molar refractivity (Wildman–Crippen MR) is 108 cm³/mol. The number of amides is 1. The Morgan fingerprint density at radius 3 is 2.00 bits per heavy atom. The van der Waals surface area contributed by atoms with E-state index in [-0.39, 0.29) is 0 Å². The third kappa shape index (κ3) is 7.05. The van der Waals surface area contributed by atoms with Crippen LogP contribution < -0.4 is 0 Å². The van der Waals surface area contributed by atoms with Gasteiger partial charge in [-0.1, -0.05) is 85.0 Å². The van der Waals surface area contributed by atoms with Gasteiger partial charge in [0.25, 0.3) is 0 Å². The van der Waals surface area contributed by atoms with Crippen LogP contribution in [0.1, 0.15) is 18.1 Å². The van der Waals surface area contributed by atoms with E-state index in [1.54, 1.807) is 25.4 Å². The van der Waals surface area contributed by atoms with Crippen LogP contribution in [0.4, 0.5) is 4.79 Å². The van der Waals surface area contributed by atoms with Crippen LogP contribution in [0.3, 0.4) is 0 Å². The van der Waals surface area contributed by atoms with Crippen molar-refractivity contribution in [1.29, 1.82) is 0 Å². The number of benzene rings is 2. The molecule has 132 valence electrons. The number of carbonyl (C=O) groups excluding carboxylic acids is 1. The molecule has 3 nitrogen and oxygen atoms in total. The second-order valence-electron chi connectivity index (χ2n) is 5.33. The van der Waals surface area contributed by atoms with Gasteiger partial charge in [0.1, 0.15) is 0 Å². The van der Waals surface area contributed by atoms with Gasteiger partial charge < -0.3 is 4.74 Å². The molecule has 0 aliphatic rings. The molecule has 1 amide bonds. The Morgan fingerprint density at radius 1 is 0.808 bits per heavy atom. The Kier molecular flexibility index (Phi) is 8.23. The smallest absolute Gasteiger partial charge is 0.417 e. The molecule has 0 unspecified atom stereocenters. The molecule has 0 radical (unpaired) electrons. The largest absolute Gasteiger partial charge is 0.449 e.